The Hall–Kier alpha value is -2.53. The molecule has 0 atom stereocenters. The van der Waals surface area contributed by atoms with Crippen LogP contribution in [-0.2, 0) is 22.6 Å². The van der Waals surface area contributed by atoms with E-state index in [2.05, 4.69) is 5.32 Å². The van der Waals surface area contributed by atoms with Gasteiger partial charge in [-0.05, 0) is 29.7 Å². The number of nitrogens with zero attached hydrogens (tertiary/aromatic N) is 1. The SMILES string of the molecule is COc1ccccc1CCNC(=O)CN(Cc1ccccc1Cl)C(C)=O. The van der Waals surface area contributed by atoms with Crippen molar-refractivity contribution in [3.05, 3.63) is 64.7 Å². The topological polar surface area (TPSA) is 58.6 Å². The number of hydrogen-bond acceptors (Lipinski definition) is 3. The van der Waals surface area contributed by atoms with Crippen molar-refractivity contribution in [3.8, 4) is 5.75 Å². The van der Waals surface area contributed by atoms with Gasteiger partial charge in [-0.2, -0.15) is 0 Å². The van der Waals surface area contributed by atoms with Crippen molar-refractivity contribution in [2.45, 2.75) is 19.9 Å². The summed E-state index contributed by atoms with van der Waals surface area (Å²) in [4.78, 5) is 25.5. The minimum Gasteiger partial charge on any atom is -0.496 e. The van der Waals surface area contributed by atoms with Gasteiger partial charge in [0, 0.05) is 25.0 Å². The number of hydrogen-bond donors (Lipinski definition) is 1. The van der Waals surface area contributed by atoms with Crippen LogP contribution < -0.4 is 10.1 Å². The van der Waals surface area contributed by atoms with Gasteiger partial charge in [0.15, 0.2) is 0 Å². The summed E-state index contributed by atoms with van der Waals surface area (Å²) in [6, 6.07) is 15.0. The van der Waals surface area contributed by atoms with E-state index >= 15 is 0 Å². The molecule has 0 unspecified atom stereocenters. The lowest BCUT2D eigenvalue weighted by atomic mass is 10.1. The molecule has 2 aromatic rings. The van der Waals surface area contributed by atoms with Crippen molar-refractivity contribution < 1.29 is 14.3 Å². The summed E-state index contributed by atoms with van der Waals surface area (Å²) in [5.74, 6) is 0.415. The minimum atomic E-state index is -0.206. The molecule has 1 N–H and O–H groups in total. The van der Waals surface area contributed by atoms with Gasteiger partial charge < -0.3 is 15.0 Å². The molecule has 2 aromatic carbocycles. The van der Waals surface area contributed by atoms with E-state index in [4.69, 9.17) is 16.3 Å². The molecule has 0 aromatic heterocycles. The number of methoxy groups -OCH3 is 1. The number of ether oxygens (including phenoxy) is 1. The second-order valence-corrected chi connectivity index (χ2v) is 6.29. The molecule has 0 radical (unpaired) electrons. The van der Waals surface area contributed by atoms with Gasteiger partial charge in [0.2, 0.25) is 11.8 Å². The second-order valence-electron chi connectivity index (χ2n) is 5.88. The summed E-state index contributed by atoms with van der Waals surface area (Å²) in [6.45, 7) is 2.21. The molecule has 0 spiro atoms. The van der Waals surface area contributed by atoms with E-state index in [0.29, 0.717) is 24.5 Å². The fraction of sp³-hybridized carbons (Fsp3) is 0.300. The van der Waals surface area contributed by atoms with Crippen LogP contribution in [0, 0.1) is 0 Å². The zero-order valence-electron chi connectivity index (χ0n) is 15.0. The van der Waals surface area contributed by atoms with E-state index < -0.39 is 0 Å². The summed E-state index contributed by atoms with van der Waals surface area (Å²) in [5.41, 5.74) is 1.83. The number of benzene rings is 2. The van der Waals surface area contributed by atoms with Crippen LogP contribution in [0.15, 0.2) is 48.5 Å². The van der Waals surface area contributed by atoms with Crippen molar-refractivity contribution in [2.24, 2.45) is 0 Å². The molecule has 5 nitrogen and oxygen atoms in total. The molecular weight excluding hydrogens is 352 g/mol. The van der Waals surface area contributed by atoms with Crippen LogP contribution in [0.4, 0.5) is 0 Å². The molecule has 0 bridgehead atoms. The fourth-order valence-electron chi connectivity index (χ4n) is 2.59. The third kappa shape index (κ3) is 5.77. The van der Waals surface area contributed by atoms with Crippen LogP contribution in [0.1, 0.15) is 18.1 Å². The first-order valence-corrected chi connectivity index (χ1v) is 8.76. The first-order chi connectivity index (χ1) is 12.5. The molecule has 26 heavy (non-hydrogen) atoms. The van der Waals surface area contributed by atoms with Crippen molar-refractivity contribution in [1.82, 2.24) is 10.2 Å². The number of nitrogens with one attached hydrogen (secondary N) is 1. The average molecular weight is 375 g/mol. The zero-order valence-corrected chi connectivity index (χ0v) is 15.8. The maximum absolute atomic E-state index is 12.2. The fourth-order valence-corrected chi connectivity index (χ4v) is 2.78. The van der Waals surface area contributed by atoms with E-state index in [9.17, 15) is 9.59 Å². The quantitative estimate of drug-likeness (QED) is 0.772. The number of rotatable bonds is 8. The molecule has 2 amide bonds. The van der Waals surface area contributed by atoms with Crippen molar-refractivity contribution in [1.29, 1.82) is 0 Å². The predicted octanol–water partition coefficient (Wildman–Crippen LogP) is 3.06. The van der Waals surface area contributed by atoms with Gasteiger partial charge in [-0.3, -0.25) is 9.59 Å². The first kappa shape index (κ1) is 19.8. The molecule has 0 fully saturated rings. The zero-order chi connectivity index (χ0) is 18.9. The molecule has 0 saturated heterocycles. The highest BCUT2D eigenvalue weighted by molar-refractivity contribution is 6.31. The molecule has 0 saturated carbocycles. The standard InChI is InChI=1S/C20H23ClN2O3/c1-15(24)23(13-17-8-3-5-9-18(17)21)14-20(25)22-12-11-16-7-4-6-10-19(16)26-2/h3-10H,11-14H2,1-2H3,(H,22,25). The van der Waals surface area contributed by atoms with E-state index in [1.165, 1.54) is 11.8 Å². The summed E-state index contributed by atoms with van der Waals surface area (Å²) in [6.07, 6.45) is 0.653. The van der Waals surface area contributed by atoms with E-state index in [1.54, 1.807) is 13.2 Å². The third-order valence-corrected chi connectivity index (χ3v) is 4.38. The first-order valence-electron chi connectivity index (χ1n) is 8.38. The summed E-state index contributed by atoms with van der Waals surface area (Å²) < 4.78 is 5.30. The molecule has 138 valence electrons. The molecule has 0 aliphatic carbocycles. The molecule has 2 rings (SSSR count). The van der Waals surface area contributed by atoms with Gasteiger partial charge in [0.25, 0.3) is 0 Å². The van der Waals surface area contributed by atoms with E-state index in [0.717, 1.165) is 16.9 Å². The predicted molar refractivity (Wildman–Crippen MR) is 102 cm³/mol. The smallest absolute Gasteiger partial charge is 0.239 e. The average Bonchev–Trinajstić information content (AvgIpc) is 2.63. The van der Waals surface area contributed by atoms with Crippen LogP contribution in [0.25, 0.3) is 0 Å². The number of carbonyl (C=O) groups is 2. The van der Waals surface area contributed by atoms with E-state index in [-0.39, 0.29) is 18.4 Å². The molecule has 6 heteroatoms. The van der Waals surface area contributed by atoms with Gasteiger partial charge >= 0.3 is 0 Å². The Kier molecular flexibility index (Phi) is 7.48. The number of halogens is 1. The number of para-hydroxylation sites is 1. The third-order valence-electron chi connectivity index (χ3n) is 4.01. The van der Waals surface area contributed by atoms with Gasteiger partial charge in [-0.1, -0.05) is 48.0 Å². The largest absolute Gasteiger partial charge is 0.496 e. The lowest BCUT2D eigenvalue weighted by molar-refractivity contribution is -0.134. The maximum Gasteiger partial charge on any atom is 0.239 e. The van der Waals surface area contributed by atoms with Crippen LogP contribution in [0.3, 0.4) is 0 Å². The van der Waals surface area contributed by atoms with E-state index in [1.807, 2.05) is 42.5 Å². The molecular formula is C20H23ClN2O3. The second kappa shape index (κ2) is 9.82. The van der Waals surface area contributed by atoms with Gasteiger partial charge in [-0.25, -0.2) is 0 Å². The van der Waals surface area contributed by atoms with Crippen molar-refractivity contribution >= 4 is 23.4 Å². The Balaban J connectivity index is 1.88. The monoisotopic (exact) mass is 374 g/mol. The Morgan fingerprint density at radius 2 is 1.73 bits per heavy atom. The Bertz CT molecular complexity index is 764. The molecule has 0 heterocycles. The maximum atomic E-state index is 12.2. The Labute approximate surface area is 158 Å². The van der Waals surface area contributed by atoms with Crippen LogP contribution in [-0.4, -0.2) is 36.9 Å². The summed E-state index contributed by atoms with van der Waals surface area (Å²) in [7, 11) is 1.62. The van der Waals surface area contributed by atoms with Crippen LogP contribution in [0.2, 0.25) is 5.02 Å². The number of carbonyl (C=O) groups excluding carboxylic acids is 2. The highest BCUT2D eigenvalue weighted by Gasteiger charge is 2.15. The van der Waals surface area contributed by atoms with Crippen molar-refractivity contribution in [3.63, 3.8) is 0 Å². The lowest BCUT2D eigenvalue weighted by Gasteiger charge is -2.21. The van der Waals surface area contributed by atoms with Gasteiger partial charge in [-0.15, -0.1) is 0 Å². The molecule has 0 aliphatic rings. The molecule has 0 aliphatic heterocycles. The Morgan fingerprint density at radius 3 is 2.38 bits per heavy atom. The normalized spacial score (nSPS) is 10.3. The summed E-state index contributed by atoms with van der Waals surface area (Å²) in [5, 5.41) is 3.43. The van der Waals surface area contributed by atoms with Crippen LogP contribution in [0.5, 0.6) is 5.75 Å². The highest BCUT2D eigenvalue weighted by Crippen LogP contribution is 2.18. The summed E-state index contributed by atoms with van der Waals surface area (Å²) >= 11 is 6.14. The minimum absolute atomic E-state index is 0.00746. The number of amides is 2. The Morgan fingerprint density at radius 1 is 1.08 bits per heavy atom. The highest BCUT2D eigenvalue weighted by atomic mass is 35.5. The van der Waals surface area contributed by atoms with Crippen molar-refractivity contribution in [2.75, 3.05) is 20.2 Å². The lowest BCUT2D eigenvalue weighted by Crippen LogP contribution is -2.40. The van der Waals surface area contributed by atoms with Gasteiger partial charge in [0.1, 0.15) is 5.75 Å². The van der Waals surface area contributed by atoms with Crippen LogP contribution >= 0.6 is 11.6 Å². The van der Waals surface area contributed by atoms with Gasteiger partial charge in [0.05, 0.1) is 13.7 Å².